The molecule has 2 N–H and O–H groups in total. The lowest BCUT2D eigenvalue weighted by Crippen LogP contribution is -2.35. The van der Waals surface area contributed by atoms with Crippen LogP contribution in [0, 0.1) is 5.41 Å². The molecule has 2 rings (SSSR count). The van der Waals surface area contributed by atoms with Gasteiger partial charge in [-0.1, -0.05) is 36.7 Å². The molecule has 0 spiro atoms. The van der Waals surface area contributed by atoms with Crippen molar-refractivity contribution in [1.29, 1.82) is 0 Å². The molecule has 1 aromatic rings. The van der Waals surface area contributed by atoms with Crippen LogP contribution in [0.1, 0.15) is 38.3 Å². The fourth-order valence-electron chi connectivity index (χ4n) is 2.28. The average Bonchev–Trinajstić information content (AvgIpc) is 2.71. The maximum Gasteiger partial charge on any atom is 0.125 e. The number of fused-ring (bicyclic) bond motifs is 1. The molecule has 1 heterocycles. The van der Waals surface area contributed by atoms with Crippen LogP contribution in [0.3, 0.4) is 0 Å². The van der Waals surface area contributed by atoms with Crippen LogP contribution in [0.15, 0.2) is 16.6 Å². The second-order valence-electron chi connectivity index (χ2n) is 6.16. The fraction of sp³-hybridized carbons (Fsp3) is 0.600. The second kappa shape index (κ2) is 5.22. The van der Waals surface area contributed by atoms with Crippen molar-refractivity contribution >= 4 is 15.9 Å². The second-order valence-corrected chi connectivity index (χ2v) is 7.08. The average molecular weight is 312 g/mol. The number of benzene rings is 1. The van der Waals surface area contributed by atoms with E-state index in [0.717, 1.165) is 36.1 Å². The van der Waals surface area contributed by atoms with E-state index in [9.17, 15) is 0 Å². The van der Waals surface area contributed by atoms with E-state index in [1.54, 1.807) is 0 Å². The Morgan fingerprint density at radius 2 is 2.11 bits per heavy atom. The Bertz CT molecular complexity index is 437. The molecule has 0 amide bonds. The Kier molecular flexibility index (Phi) is 4.02. The summed E-state index contributed by atoms with van der Waals surface area (Å²) in [6, 6.07) is 4.54. The lowest BCUT2D eigenvalue weighted by Gasteiger charge is -2.27. The monoisotopic (exact) mass is 311 g/mol. The van der Waals surface area contributed by atoms with Gasteiger partial charge in [0.15, 0.2) is 0 Å². The van der Waals surface area contributed by atoms with Gasteiger partial charge < -0.3 is 10.5 Å². The number of hydrogen-bond acceptors (Lipinski definition) is 2. The molecule has 1 aliphatic heterocycles. The first-order valence-electron chi connectivity index (χ1n) is 6.57. The molecule has 0 bridgehead atoms. The molecule has 0 radical (unpaired) electrons. The molecule has 0 saturated heterocycles. The predicted octanol–water partition coefficient (Wildman–Crippen LogP) is 3.69. The zero-order valence-corrected chi connectivity index (χ0v) is 13.0. The minimum absolute atomic E-state index is 0.163. The molecule has 18 heavy (non-hydrogen) atoms. The van der Waals surface area contributed by atoms with Crippen LogP contribution in [-0.2, 0) is 12.8 Å². The van der Waals surface area contributed by atoms with E-state index < -0.39 is 0 Å². The Balaban J connectivity index is 2.11. The summed E-state index contributed by atoms with van der Waals surface area (Å²) in [4.78, 5) is 0. The van der Waals surface area contributed by atoms with Gasteiger partial charge in [-0.15, -0.1) is 0 Å². The van der Waals surface area contributed by atoms with Crippen LogP contribution in [0.2, 0.25) is 0 Å². The predicted molar refractivity (Wildman–Crippen MR) is 79.1 cm³/mol. The lowest BCUT2D eigenvalue weighted by molar-refractivity contribution is 0.303. The first-order chi connectivity index (χ1) is 8.38. The van der Waals surface area contributed by atoms with Gasteiger partial charge >= 0.3 is 0 Å². The van der Waals surface area contributed by atoms with Crippen molar-refractivity contribution in [3.63, 3.8) is 0 Å². The highest BCUT2D eigenvalue weighted by molar-refractivity contribution is 9.10. The van der Waals surface area contributed by atoms with Crippen molar-refractivity contribution in [2.75, 3.05) is 6.61 Å². The largest absolute Gasteiger partial charge is 0.493 e. The minimum atomic E-state index is 0.163. The van der Waals surface area contributed by atoms with Gasteiger partial charge in [0, 0.05) is 16.9 Å². The topological polar surface area (TPSA) is 35.2 Å². The summed E-state index contributed by atoms with van der Waals surface area (Å²) >= 11 is 3.58. The van der Waals surface area contributed by atoms with Crippen LogP contribution in [0.25, 0.3) is 0 Å². The van der Waals surface area contributed by atoms with Crippen molar-refractivity contribution < 1.29 is 4.74 Å². The number of ether oxygens (including phenoxy) is 1. The third-order valence-corrected chi connectivity index (χ3v) is 4.12. The van der Waals surface area contributed by atoms with E-state index in [2.05, 4.69) is 48.8 Å². The van der Waals surface area contributed by atoms with Gasteiger partial charge in [-0.05, 0) is 41.5 Å². The van der Waals surface area contributed by atoms with Crippen LogP contribution in [-0.4, -0.2) is 12.6 Å². The van der Waals surface area contributed by atoms with Gasteiger partial charge in [0.1, 0.15) is 5.75 Å². The van der Waals surface area contributed by atoms with Crippen LogP contribution >= 0.6 is 15.9 Å². The molecule has 100 valence electrons. The number of halogens is 1. The third kappa shape index (κ3) is 3.07. The summed E-state index contributed by atoms with van der Waals surface area (Å²) < 4.78 is 6.89. The molecule has 1 aliphatic rings. The van der Waals surface area contributed by atoms with Gasteiger partial charge in [-0.3, -0.25) is 0 Å². The van der Waals surface area contributed by atoms with Crippen molar-refractivity contribution in [3.8, 4) is 5.75 Å². The summed E-state index contributed by atoms with van der Waals surface area (Å²) in [5.41, 5.74) is 9.00. The highest BCUT2D eigenvalue weighted by atomic mass is 79.9. The van der Waals surface area contributed by atoms with Crippen molar-refractivity contribution in [3.05, 3.63) is 27.7 Å². The Morgan fingerprint density at radius 3 is 2.78 bits per heavy atom. The standard InChI is InChI=1S/C15H22BrNO/c1-15(2,3)13(17)5-4-10-8-12(16)9-11-6-7-18-14(10)11/h8-9,13H,4-7,17H2,1-3H3. The summed E-state index contributed by atoms with van der Waals surface area (Å²) in [7, 11) is 0. The van der Waals surface area contributed by atoms with E-state index in [0.29, 0.717) is 0 Å². The summed E-state index contributed by atoms with van der Waals surface area (Å²) in [6.07, 6.45) is 3.00. The summed E-state index contributed by atoms with van der Waals surface area (Å²) in [5.74, 6) is 1.10. The zero-order chi connectivity index (χ0) is 13.3. The van der Waals surface area contributed by atoms with Crippen molar-refractivity contribution in [2.24, 2.45) is 11.1 Å². The molecule has 1 aromatic carbocycles. The van der Waals surface area contributed by atoms with E-state index in [1.807, 2.05) is 0 Å². The van der Waals surface area contributed by atoms with Crippen LogP contribution < -0.4 is 10.5 Å². The molecule has 2 nitrogen and oxygen atoms in total. The Hall–Kier alpha value is -0.540. The first kappa shape index (κ1) is 13.9. The molecule has 0 saturated carbocycles. The highest BCUT2D eigenvalue weighted by Crippen LogP contribution is 2.34. The van der Waals surface area contributed by atoms with Gasteiger partial charge in [-0.2, -0.15) is 0 Å². The summed E-state index contributed by atoms with van der Waals surface area (Å²) in [5, 5.41) is 0. The number of aryl methyl sites for hydroxylation is 1. The maximum atomic E-state index is 6.23. The van der Waals surface area contributed by atoms with E-state index in [-0.39, 0.29) is 11.5 Å². The maximum absolute atomic E-state index is 6.23. The van der Waals surface area contributed by atoms with Gasteiger partial charge in [0.2, 0.25) is 0 Å². The summed E-state index contributed by atoms with van der Waals surface area (Å²) in [6.45, 7) is 7.39. The van der Waals surface area contributed by atoms with Gasteiger partial charge in [0.05, 0.1) is 6.61 Å². The van der Waals surface area contributed by atoms with E-state index >= 15 is 0 Å². The third-order valence-electron chi connectivity index (χ3n) is 3.66. The molecular weight excluding hydrogens is 290 g/mol. The molecule has 0 fully saturated rings. The molecule has 1 unspecified atom stereocenters. The van der Waals surface area contributed by atoms with Crippen molar-refractivity contribution in [2.45, 2.75) is 46.1 Å². The Labute approximate surface area is 118 Å². The Morgan fingerprint density at radius 1 is 1.39 bits per heavy atom. The van der Waals surface area contributed by atoms with Crippen LogP contribution in [0.4, 0.5) is 0 Å². The minimum Gasteiger partial charge on any atom is -0.493 e. The van der Waals surface area contributed by atoms with Crippen LogP contribution in [0.5, 0.6) is 5.75 Å². The molecule has 1 atom stereocenters. The molecule has 0 aromatic heterocycles. The molecule has 3 heteroatoms. The van der Waals surface area contributed by atoms with Crippen molar-refractivity contribution in [1.82, 2.24) is 0 Å². The molecule has 0 aliphatic carbocycles. The number of rotatable bonds is 3. The quantitative estimate of drug-likeness (QED) is 0.924. The van der Waals surface area contributed by atoms with E-state index in [4.69, 9.17) is 10.5 Å². The number of nitrogens with two attached hydrogens (primary N) is 1. The smallest absolute Gasteiger partial charge is 0.125 e. The zero-order valence-electron chi connectivity index (χ0n) is 11.4. The molecular formula is C15H22BrNO. The number of hydrogen-bond donors (Lipinski definition) is 1. The van der Waals surface area contributed by atoms with Gasteiger partial charge in [-0.25, -0.2) is 0 Å². The normalized spacial score (nSPS) is 16.3. The lowest BCUT2D eigenvalue weighted by atomic mass is 9.84. The first-order valence-corrected chi connectivity index (χ1v) is 7.37. The highest BCUT2D eigenvalue weighted by Gasteiger charge is 2.22. The van der Waals surface area contributed by atoms with Gasteiger partial charge in [0.25, 0.3) is 0 Å². The SMILES string of the molecule is CC(C)(C)C(N)CCc1cc(Br)cc2c1OCC2. The van der Waals surface area contributed by atoms with E-state index in [1.165, 1.54) is 11.1 Å². The fourth-order valence-corrected chi connectivity index (χ4v) is 2.83.